The van der Waals surface area contributed by atoms with Gasteiger partial charge in [-0.3, -0.25) is 14.3 Å². The molecule has 0 spiro atoms. The van der Waals surface area contributed by atoms with Gasteiger partial charge in [-0.25, -0.2) is 0 Å². The number of hydrogen-bond donors (Lipinski definition) is 1. The molecule has 6 nitrogen and oxygen atoms in total. The van der Waals surface area contributed by atoms with Crippen molar-refractivity contribution in [3.63, 3.8) is 0 Å². The highest BCUT2D eigenvalue weighted by molar-refractivity contribution is 7.99. The Morgan fingerprint density at radius 2 is 2.15 bits per heavy atom. The molecule has 2 aromatic heterocycles. The maximum atomic E-state index is 12.2. The van der Waals surface area contributed by atoms with Gasteiger partial charge in [0.2, 0.25) is 5.91 Å². The van der Waals surface area contributed by atoms with Crippen LogP contribution in [0.1, 0.15) is 58.4 Å². The number of carbonyl (C=O) groups excluding carboxylic acids is 1. The summed E-state index contributed by atoms with van der Waals surface area (Å²) >= 11 is 1.48. The summed E-state index contributed by atoms with van der Waals surface area (Å²) in [6, 6.07) is 4.34. The van der Waals surface area contributed by atoms with Gasteiger partial charge in [0, 0.05) is 30.5 Å². The van der Waals surface area contributed by atoms with Crippen LogP contribution in [0.5, 0.6) is 0 Å². The minimum atomic E-state index is 0.0569. The fourth-order valence-corrected chi connectivity index (χ4v) is 4.18. The number of rotatable bonds is 8. The van der Waals surface area contributed by atoms with Gasteiger partial charge in [-0.15, -0.1) is 10.2 Å². The minimum absolute atomic E-state index is 0.0569. The molecule has 2 heterocycles. The fraction of sp³-hybridized carbons (Fsp3) is 0.600. The van der Waals surface area contributed by atoms with Gasteiger partial charge in [-0.1, -0.05) is 51.3 Å². The molecule has 0 aromatic carbocycles. The van der Waals surface area contributed by atoms with E-state index in [1.54, 1.807) is 6.20 Å². The summed E-state index contributed by atoms with van der Waals surface area (Å²) < 4.78 is 2.24. The molecule has 7 heteroatoms. The van der Waals surface area contributed by atoms with Crippen LogP contribution in [0.2, 0.25) is 0 Å². The van der Waals surface area contributed by atoms with Gasteiger partial charge in [-0.05, 0) is 30.9 Å². The molecule has 1 saturated carbocycles. The van der Waals surface area contributed by atoms with E-state index >= 15 is 0 Å². The lowest BCUT2D eigenvalue weighted by Gasteiger charge is -2.25. The SMILES string of the molecule is CCC(C)CNC(=O)CSc1nnc(-c2cccnc2)n1C1CCCCC1. The van der Waals surface area contributed by atoms with Crippen LogP contribution in [0.25, 0.3) is 11.4 Å². The summed E-state index contributed by atoms with van der Waals surface area (Å²) in [6.07, 6.45) is 10.7. The van der Waals surface area contributed by atoms with Crippen LogP contribution < -0.4 is 5.32 Å². The Bertz CT molecular complexity index is 727. The van der Waals surface area contributed by atoms with Crippen molar-refractivity contribution in [3.8, 4) is 11.4 Å². The van der Waals surface area contributed by atoms with Gasteiger partial charge in [0.05, 0.1) is 5.75 Å². The highest BCUT2D eigenvalue weighted by atomic mass is 32.2. The molecule has 1 aliphatic carbocycles. The predicted octanol–water partition coefficient (Wildman–Crippen LogP) is 4.10. The number of carbonyl (C=O) groups is 1. The summed E-state index contributed by atoms with van der Waals surface area (Å²) in [7, 11) is 0. The van der Waals surface area contributed by atoms with E-state index in [1.165, 1.54) is 31.0 Å². The minimum Gasteiger partial charge on any atom is -0.355 e. The molecule has 0 saturated heterocycles. The molecular formula is C20H29N5OS. The van der Waals surface area contributed by atoms with Gasteiger partial charge in [0.15, 0.2) is 11.0 Å². The van der Waals surface area contributed by atoms with E-state index in [4.69, 9.17) is 0 Å². The Morgan fingerprint density at radius 1 is 1.33 bits per heavy atom. The Balaban J connectivity index is 1.74. The van der Waals surface area contributed by atoms with Crippen molar-refractivity contribution in [2.75, 3.05) is 12.3 Å². The van der Waals surface area contributed by atoms with Crippen molar-refractivity contribution in [1.82, 2.24) is 25.1 Å². The molecule has 1 N–H and O–H groups in total. The van der Waals surface area contributed by atoms with Gasteiger partial charge in [0.25, 0.3) is 0 Å². The second kappa shape index (κ2) is 9.88. The Morgan fingerprint density at radius 3 is 2.85 bits per heavy atom. The largest absolute Gasteiger partial charge is 0.355 e. The number of hydrogen-bond acceptors (Lipinski definition) is 5. The van der Waals surface area contributed by atoms with Gasteiger partial charge < -0.3 is 5.32 Å². The van der Waals surface area contributed by atoms with Crippen LogP contribution in [0, 0.1) is 5.92 Å². The first kappa shape index (κ1) is 19.9. The Kier molecular flexibility index (Phi) is 7.26. The zero-order valence-corrected chi connectivity index (χ0v) is 17.0. The third kappa shape index (κ3) is 5.31. The van der Waals surface area contributed by atoms with Crippen molar-refractivity contribution in [2.24, 2.45) is 5.92 Å². The molecule has 1 unspecified atom stereocenters. The first-order valence-corrected chi connectivity index (χ1v) is 10.9. The average molecular weight is 388 g/mol. The monoisotopic (exact) mass is 387 g/mol. The molecule has 1 fully saturated rings. The summed E-state index contributed by atoms with van der Waals surface area (Å²) in [5.74, 6) is 1.79. The van der Waals surface area contributed by atoms with E-state index in [2.05, 4.69) is 38.9 Å². The molecule has 3 rings (SSSR count). The summed E-state index contributed by atoms with van der Waals surface area (Å²) in [4.78, 5) is 16.4. The van der Waals surface area contributed by atoms with Crippen molar-refractivity contribution in [3.05, 3.63) is 24.5 Å². The molecule has 27 heavy (non-hydrogen) atoms. The topological polar surface area (TPSA) is 72.7 Å². The number of pyridine rings is 1. The first-order chi connectivity index (χ1) is 13.2. The van der Waals surface area contributed by atoms with Crippen LogP contribution in [0.15, 0.2) is 29.7 Å². The molecular weight excluding hydrogens is 358 g/mol. The Hall–Kier alpha value is -1.89. The third-order valence-corrected chi connectivity index (χ3v) is 6.14. The van der Waals surface area contributed by atoms with Gasteiger partial charge >= 0.3 is 0 Å². The summed E-state index contributed by atoms with van der Waals surface area (Å²) in [6.45, 7) is 5.01. The molecule has 146 valence electrons. The highest BCUT2D eigenvalue weighted by Crippen LogP contribution is 2.35. The maximum Gasteiger partial charge on any atom is 0.230 e. The molecule has 1 aliphatic rings. The quantitative estimate of drug-likeness (QED) is 0.691. The van der Waals surface area contributed by atoms with E-state index in [1.807, 2.05) is 18.3 Å². The number of nitrogens with zero attached hydrogens (tertiary/aromatic N) is 4. The summed E-state index contributed by atoms with van der Waals surface area (Å²) in [5, 5.41) is 12.7. The normalized spacial score (nSPS) is 16.2. The maximum absolute atomic E-state index is 12.2. The standard InChI is InChI=1S/C20H29N5OS/c1-3-15(2)12-22-18(26)14-27-20-24-23-19(16-8-7-11-21-13-16)25(20)17-9-5-4-6-10-17/h7-8,11,13,15,17H,3-6,9-10,12,14H2,1-2H3,(H,22,26). The molecule has 1 amide bonds. The fourth-order valence-electron chi connectivity index (χ4n) is 3.35. The number of thioether (sulfide) groups is 1. The first-order valence-electron chi connectivity index (χ1n) is 9.93. The third-order valence-electron chi connectivity index (χ3n) is 5.20. The molecule has 0 aliphatic heterocycles. The lowest BCUT2D eigenvalue weighted by molar-refractivity contribution is -0.118. The van der Waals surface area contributed by atoms with E-state index in [9.17, 15) is 4.79 Å². The second-order valence-electron chi connectivity index (χ2n) is 7.32. The molecule has 0 bridgehead atoms. The number of aromatic nitrogens is 4. The van der Waals surface area contributed by atoms with E-state index in [0.29, 0.717) is 17.7 Å². The lowest BCUT2D eigenvalue weighted by atomic mass is 9.95. The molecule has 1 atom stereocenters. The van der Waals surface area contributed by atoms with Crippen LogP contribution in [-0.2, 0) is 4.79 Å². The zero-order valence-electron chi connectivity index (χ0n) is 16.2. The number of nitrogens with one attached hydrogen (secondary N) is 1. The number of amides is 1. The highest BCUT2D eigenvalue weighted by Gasteiger charge is 2.24. The van der Waals surface area contributed by atoms with Gasteiger partial charge in [-0.2, -0.15) is 0 Å². The van der Waals surface area contributed by atoms with Crippen LogP contribution in [0.3, 0.4) is 0 Å². The predicted molar refractivity (Wildman–Crippen MR) is 109 cm³/mol. The Labute approximate surface area is 165 Å². The van der Waals surface area contributed by atoms with Crippen LogP contribution in [-0.4, -0.2) is 38.0 Å². The summed E-state index contributed by atoms with van der Waals surface area (Å²) in [5.41, 5.74) is 0.976. The van der Waals surface area contributed by atoms with E-state index in [0.717, 1.165) is 42.4 Å². The average Bonchev–Trinajstić information content (AvgIpc) is 3.15. The van der Waals surface area contributed by atoms with E-state index in [-0.39, 0.29) is 5.91 Å². The van der Waals surface area contributed by atoms with Gasteiger partial charge in [0.1, 0.15) is 0 Å². The van der Waals surface area contributed by atoms with Crippen molar-refractivity contribution < 1.29 is 4.79 Å². The van der Waals surface area contributed by atoms with Crippen molar-refractivity contribution in [1.29, 1.82) is 0 Å². The van der Waals surface area contributed by atoms with Crippen LogP contribution >= 0.6 is 11.8 Å². The lowest BCUT2D eigenvalue weighted by Crippen LogP contribution is -2.29. The van der Waals surface area contributed by atoms with Crippen LogP contribution in [0.4, 0.5) is 0 Å². The van der Waals surface area contributed by atoms with E-state index < -0.39 is 0 Å². The smallest absolute Gasteiger partial charge is 0.230 e. The molecule has 2 aromatic rings. The van der Waals surface area contributed by atoms with Crippen molar-refractivity contribution in [2.45, 2.75) is 63.6 Å². The molecule has 0 radical (unpaired) electrons. The zero-order chi connectivity index (χ0) is 19.1. The second-order valence-corrected chi connectivity index (χ2v) is 8.26. The van der Waals surface area contributed by atoms with Crippen molar-refractivity contribution >= 4 is 17.7 Å².